The molecule has 0 aromatic rings. The van der Waals surface area contributed by atoms with Crippen molar-refractivity contribution in [3.63, 3.8) is 0 Å². The van der Waals surface area contributed by atoms with Gasteiger partial charge in [-0.1, -0.05) is 0 Å². The lowest BCUT2D eigenvalue weighted by molar-refractivity contribution is 0.0709. The summed E-state index contributed by atoms with van der Waals surface area (Å²) in [4.78, 5) is 7.62. The van der Waals surface area contributed by atoms with E-state index in [0.29, 0.717) is 0 Å². The average molecular weight is 225 g/mol. The summed E-state index contributed by atoms with van der Waals surface area (Å²) < 4.78 is 0. The lowest BCUT2D eigenvalue weighted by Gasteiger charge is -2.41. The van der Waals surface area contributed by atoms with Crippen LogP contribution in [0, 0.1) is 5.92 Å². The number of likely N-dealkylation sites (tertiary alicyclic amines) is 1. The van der Waals surface area contributed by atoms with E-state index in [2.05, 4.69) is 35.7 Å². The van der Waals surface area contributed by atoms with E-state index in [1.54, 1.807) is 0 Å². The fourth-order valence-corrected chi connectivity index (χ4v) is 3.02. The Balaban J connectivity index is 1.76. The maximum Gasteiger partial charge on any atom is 0.0195 e. The van der Waals surface area contributed by atoms with Gasteiger partial charge in [-0.3, -0.25) is 4.90 Å². The molecule has 0 spiro atoms. The van der Waals surface area contributed by atoms with Crippen molar-refractivity contribution in [1.82, 2.24) is 14.7 Å². The number of nitrogens with zero attached hydrogens (tertiary/aromatic N) is 3. The number of rotatable bonds is 2. The molecule has 3 heteroatoms. The zero-order valence-electron chi connectivity index (χ0n) is 11.2. The molecule has 0 radical (unpaired) electrons. The molecule has 0 aromatic carbocycles. The van der Waals surface area contributed by atoms with E-state index in [0.717, 1.165) is 12.0 Å². The van der Waals surface area contributed by atoms with Crippen molar-refractivity contribution in [3.8, 4) is 0 Å². The third-order valence-corrected chi connectivity index (χ3v) is 4.30. The maximum absolute atomic E-state index is 2.70. The van der Waals surface area contributed by atoms with Crippen LogP contribution in [0.3, 0.4) is 0 Å². The van der Waals surface area contributed by atoms with Gasteiger partial charge in [-0.2, -0.15) is 0 Å². The lowest BCUT2D eigenvalue weighted by Crippen LogP contribution is -2.52. The first-order valence-electron chi connectivity index (χ1n) is 6.76. The summed E-state index contributed by atoms with van der Waals surface area (Å²) in [6, 6.07) is 0.749. The Bertz CT molecular complexity index is 211. The molecular weight excluding hydrogens is 198 g/mol. The van der Waals surface area contributed by atoms with Crippen molar-refractivity contribution >= 4 is 0 Å². The Morgan fingerprint density at radius 3 is 2.25 bits per heavy atom. The smallest absolute Gasteiger partial charge is 0.0195 e. The van der Waals surface area contributed by atoms with Gasteiger partial charge >= 0.3 is 0 Å². The van der Waals surface area contributed by atoms with Crippen LogP contribution in [0.15, 0.2) is 0 Å². The molecule has 0 unspecified atom stereocenters. The minimum atomic E-state index is 0.749. The van der Waals surface area contributed by atoms with Crippen molar-refractivity contribution < 1.29 is 0 Å². The molecule has 0 saturated carbocycles. The second-order valence-electron chi connectivity index (χ2n) is 5.85. The van der Waals surface area contributed by atoms with Crippen LogP contribution >= 0.6 is 0 Å². The fourth-order valence-electron chi connectivity index (χ4n) is 3.02. The molecule has 1 atom stereocenters. The standard InChI is InChI=1S/C13H27N3/c1-12-10-15(3)8-9-16(12)11-13-4-6-14(2)7-5-13/h12-13H,4-11H2,1-3H3/t12-/m1/s1. The van der Waals surface area contributed by atoms with Gasteiger partial charge in [0.15, 0.2) is 0 Å². The molecule has 0 N–H and O–H groups in total. The van der Waals surface area contributed by atoms with Gasteiger partial charge in [0.1, 0.15) is 0 Å². The van der Waals surface area contributed by atoms with Crippen molar-refractivity contribution in [2.24, 2.45) is 5.92 Å². The first-order chi connectivity index (χ1) is 7.65. The Hall–Kier alpha value is -0.120. The summed E-state index contributed by atoms with van der Waals surface area (Å²) in [6.07, 6.45) is 2.80. The molecule has 2 saturated heterocycles. The highest BCUT2D eigenvalue weighted by Crippen LogP contribution is 2.19. The van der Waals surface area contributed by atoms with Crippen molar-refractivity contribution in [1.29, 1.82) is 0 Å². The fraction of sp³-hybridized carbons (Fsp3) is 1.00. The average Bonchev–Trinajstić information content (AvgIpc) is 2.25. The number of likely N-dealkylation sites (N-methyl/N-ethyl adjacent to an activating group) is 1. The second-order valence-corrected chi connectivity index (χ2v) is 5.85. The predicted octanol–water partition coefficient (Wildman–Crippen LogP) is 0.964. The van der Waals surface area contributed by atoms with Gasteiger partial charge in [0, 0.05) is 32.2 Å². The van der Waals surface area contributed by atoms with Crippen LogP contribution in [-0.2, 0) is 0 Å². The van der Waals surface area contributed by atoms with E-state index in [1.165, 1.54) is 52.1 Å². The van der Waals surface area contributed by atoms with Crippen LogP contribution < -0.4 is 0 Å². The molecule has 2 aliphatic rings. The summed E-state index contributed by atoms with van der Waals surface area (Å²) in [5, 5.41) is 0. The van der Waals surface area contributed by atoms with Gasteiger partial charge in [-0.25, -0.2) is 0 Å². The van der Waals surface area contributed by atoms with Gasteiger partial charge in [-0.15, -0.1) is 0 Å². The molecule has 0 amide bonds. The van der Waals surface area contributed by atoms with Crippen LogP contribution in [0.1, 0.15) is 19.8 Å². The Morgan fingerprint density at radius 2 is 1.62 bits per heavy atom. The molecule has 94 valence electrons. The normalized spacial score (nSPS) is 32.1. The van der Waals surface area contributed by atoms with Crippen LogP contribution in [0.5, 0.6) is 0 Å². The topological polar surface area (TPSA) is 9.72 Å². The number of hydrogen-bond acceptors (Lipinski definition) is 3. The van der Waals surface area contributed by atoms with Gasteiger partial charge in [0.2, 0.25) is 0 Å². The summed E-state index contributed by atoms with van der Waals surface area (Å²) in [5.74, 6) is 0.946. The lowest BCUT2D eigenvalue weighted by atomic mass is 9.95. The molecule has 2 aliphatic heterocycles. The molecule has 2 rings (SSSR count). The van der Waals surface area contributed by atoms with Crippen molar-refractivity contribution in [2.75, 3.05) is 53.4 Å². The quantitative estimate of drug-likeness (QED) is 0.693. The Kier molecular flexibility index (Phi) is 4.22. The zero-order valence-corrected chi connectivity index (χ0v) is 11.2. The zero-order chi connectivity index (χ0) is 11.5. The SMILES string of the molecule is C[C@@H]1CN(C)CCN1CC1CCN(C)CC1. The largest absolute Gasteiger partial charge is 0.306 e. The molecule has 3 nitrogen and oxygen atoms in total. The first-order valence-corrected chi connectivity index (χ1v) is 6.76. The predicted molar refractivity (Wildman–Crippen MR) is 68.8 cm³/mol. The number of hydrogen-bond donors (Lipinski definition) is 0. The highest BCUT2D eigenvalue weighted by atomic mass is 15.3. The van der Waals surface area contributed by atoms with Crippen molar-refractivity contribution in [2.45, 2.75) is 25.8 Å². The summed E-state index contributed by atoms with van der Waals surface area (Å²) >= 11 is 0. The van der Waals surface area contributed by atoms with Gasteiger partial charge in [-0.05, 0) is 52.9 Å². The van der Waals surface area contributed by atoms with E-state index < -0.39 is 0 Å². The first kappa shape index (κ1) is 12.3. The van der Waals surface area contributed by atoms with Crippen LogP contribution in [0.25, 0.3) is 0 Å². The molecule has 16 heavy (non-hydrogen) atoms. The molecular formula is C13H27N3. The highest BCUT2D eigenvalue weighted by Gasteiger charge is 2.25. The third kappa shape index (κ3) is 3.19. The van der Waals surface area contributed by atoms with E-state index in [4.69, 9.17) is 0 Å². The minimum Gasteiger partial charge on any atom is -0.306 e. The molecule has 2 heterocycles. The van der Waals surface area contributed by atoms with Gasteiger partial charge in [0.25, 0.3) is 0 Å². The second kappa shape index (κ2) is 5.48. The van der Waals surface area contributed by atoms with Gasteiger partial charge < -0.3 is 9.80 Å². The maximum atomic E-state index is 2.70. The van der Waals surface area contributed by atoms with Crippen molar-refractivity contribution in [3.05, 3.63) is 0 Å². The van der Waals surface area contributed by atoms with E-state index in [1.807, 2.05) is 0 Å². The van der Waals surface area contributed by atoms with E-state index >= 15 is 0 Å². The summed E-state index contributed by atoms with van der Waals surface area (Å²) in [6.45, 7) is 10.1. The summed E-state index contributed by atoms with van der Waals surface area (Å²) in [7, 11) is 4.48. The third-order valence-electron chi connectivity index (χ3n) is 4.30. The summed E-state index contributed by atoms with van der Waals surface area (Å²) in [5.41, 5.74) is 0. The molecule has 0 bridgehead atoms. The van der Waals surface area contributed by atoms with Gasteiger partial charge in [0.05, 0.1) is 0 Å². The van der Waals surface area contributed by atoms with Crippen LogP contribution in [0.2, 0.25) is 0 Å². The molecule has 2 fully saturated rings. The number of piperidine rings is 1. The van der Waals surface area contributed by atoms with Crippen LogP contribution in [0.4, 0.5) is 0 Å². The number of piperazine rings is 1. The van der Waals surface area contributed by atoms with Crippen LogP contribution in [-0.4, -0.2) is 74.1 Å². The Morgan fingerprint density at radius 1 is 0.938 bits per heavy atom. The molecule has 0 aliphatic carbocycles. The Labute approximate surface area is 100 Å². The van der Waals surface area contributed by atoms with E-state index in [9.17, 15) is 0 Å². The molecule has 0 aromatic heterocycles. The minimum absolute atomic E-state index is 0.749. The monoisotopic (exact) mass is 225 g/mol. The highest BCUT2D eigenvalue weighted by molar-refractivity contribution is 4.81. The van der Waals surface area contributed by atoms with E-state index in [-0.39, 0.29) is 0 Å².